The molecule has 3 aliphatic heterocycles. The van der Waals surface area contributed by atoms with Crippen molar-refractivity contribution in [3.8, 4) is 5.75 Å². The van der Waals surface area contributed by atoms with Crippen molar-refractivity contribution >= 4 is 40.9 Å². The summed E-state index contributed by atoms with van der Waals surface area (Å²) < 4.78 is 10.8. The first-order valence-corrected chi connectivity index (χ1v) is 14.1. The second kappa shape index (κ2) is 15.7. The van der Waals surface area contributed by atoms with E-state index in [1.165, 1.54) is 7.11 Å². The van der Waals surface area contributed by atoms with Crippen molar-refractivity contribution in [2.24, 2.45) is 11.8 Å². The van der Waals surface area contributed by atoms with Gasteiger partial charge in [0.05, 0.1) is 36.0 Å². The highest BCUT2D eigenvalue weighted by molar-refractivity contribution is 6.33. The molecule has 1 amide bonds. The number of ketones is 1. The first-order valence-electron chi connectivity index (χ1n) is 13.7. The molecule has 226 valence electrons. The minimum atomic E-state index is -1.26. The largest absolute Gasteiger partial charge is 0.496 e. The third kappa shape index (κ3) is 9.42. The third-order valence-corrected chi connectivity index (χ3v) is 7.97. The van der Waals surface area contributed by atoms with Crippen molar-refractivity contribution in [2.75, 3.05) is 52.2 Å². The van der Waals surface area contributed by atoms with Gasteiger partial charge in [0.2, 0.25) is 0 Å². The summed E-state index contributed by atoms with van der Waals surface area (Å²) in [7, 11) is 1.51. The number of methoxy groups -OCH3 is 1. The van der Waals surface area contributed by atoms with Gasteiger partial charge in [0, 0.05) is 49.9 Å². The van der Waals surface area contributed by atoms with Gasteiger partial charge in [-0.1, -0.05) is 11.6 Å². The zero-order valence-electron chi connectivity index (χ0n) is 23.1. The van der Waals surface area contributed by atoms with E-state index in [0.29, 0.717) is 59.1 Å². The molecular formula is C28H39ClN4O8. The molecule has 0 bridgehead atoms. The number of carbonyl (C=O) groups excluding carboxylic acids is 2. The van der Waals surface area contributed by atoms with Crippen LogP contribution in [-0.2, 0) is 19.1 Å². The number of hydrogen-bond donors (Lipinski definition) is 5. The third-order valence-electron chi connectivity index (χ3n) is 7.64. The molecule has 6 N–H and O–H groups in total. The Hall–Kier alpha value is -3.19. The number of halogens is 1. The zero-order valence-corrected chi connectivity index (χ0v) is 23.9. The predicted molar refractivity (Wildman–Crippen MR) is 152 cm³/mol. The number of nitrogen functional groups attached to an aromatic ring is 1. The Kier molecular flexibility index (Phi) is 12.4. The SMILES string of the molecule is COc1cc(N)c(Cl)cc1C(=O)NC1CCN(C(C(=O)C2CCOC2)C2CCNCC2)CC1.O=C(O)C=CC(=O)O. The molecule has 4 rings (SSSR count). The molecule has 13 heteroatoms. The van der Waals surface area contributed by atoms with Crippen LogP contribution >= 0.6 is 11.6 Å². The van der Waals surface area contributed by atoms with Gasteiger partial charge in [-0.3, -0.25) is 14.5 Å². The van der Waals surface area contributed by atoms with Crippen LogP contribution in [0.4, 0.5) is 5.69 Å². The number of rotatable bonds is 9. The topological polar surface area (TPSA) is 181 Å². The molecule has 1 aromatic carbocycles. The van der Waals surface area contributed by atoms with Gasteiger partial charge in [-0.05, 0) is 57.2 Å². The van der Waals surface area contributed by atoms with Crippen LogP contribution < -0.4 is 21.1 Å². The van der Waals surface area contributed by atoms with Crippen molar-refractivity contribution in [2.45, 2.75) is 44.2 Å². The lowest BCUT2D eigenvalue weighted by Crippen LogP contribution is -2.55. The van der Waals surface area contributed by atoms with Crippen LogP contribution in [-0.4, -0.2) is 97.3 Å². The Labute approximate surface area is 244 Å². The fourth-order valence-corrected chi connectivity index (χ4v) is 5.68. The second-order valence-electron chi connectivity index (χ2n) is 10.4. The Morgan fingerprint density at radius 1 is 1.10 bits per heavy atom. The second-order valence-corrected chi connectivity index (χ2v) is 10.8. The first-order chi connectivity index (χ1) is 19.6. The summed E-state index contributed by atoms with van der Waals surface area (Å²) in [5.41, 5.74) is 6.59. The summed E-state index contributed by atoms with van der Waals surface area (Å²) >= 11 is 6.13. The van der Waals surface area contributed by atoms with Gasteiger partial charge in [-0.25, -0.2) is 9.59 Å². The predicted octanol–water partition coefficient (Wildman–Crippen LogP) is 1.81. The fourth-order valence-electron chi connectivity index (χ4n) is 5.51. The van der Waals surface area contributed by atoms with Crippen LogP contribution in [0.3, 0.4) is 0 Å². The molecule has 2 atom stereocenters. The van der Waals surface area contributed by atoms with E-state index < -0.39 is 11.9 Å². The molecule has 3 aliphatic rings. The van der Waals surface area contributed by atoms with E-state index in [4.69, 9.17) is 37.0 Å². The molecule has 0 spiro atoms. The standard InChI is InChI=1S/C24H35ClN4O4.C4H4O4/c1-32-21-13-20(26)19(25)12-18(21)24(31)28-17-4-9-29(10-5-17)22(15-2-7-27-8-3-15)23(30)16-6-11-33-14-16;5-3(6)1-2-4(7)8/h12-13,15-17,22,27H,2-11,14,26H2,1H3,(H,28,31);1-2H,(H,5,6)(H,7,8). The first kappa shape index (κ1) is 32.3. The molecule has 3 heterocycles. The lowest BCUT2D eigenvalue weighted by atomic mass is 9.81. The van der Waals surface area contributed by atoms with Gasteiger partial charge >= 0.3 is 11.9 Å². The monoisotopic (exact) mass is 594 g/mol. The van der Waals surface area contributed by atoms with Gasteiger partial charge in [0.1, 0.15) is 5.75 Å². The number of hydrogen-bond acceptors (Lipinski definition) is 9. The summed E-state index contributed by atoms with van der Waals surface area (Å²) in [4.78, 5) is 47.9. The highest BCUT2D eigenvalue weighted by atomic mass is 35.5. The number of carboxylic acids is 2. The van der Waals surface area contributed by atoms with Crippen molar-refractivity contribution in [1.82, 2.24) is 15.5 Å². The Morgan fingerprint density at radius 3 is 2.27 bits per heavy atom. The summed E-state index contributed by atoms with van der Waals surface area (Å²) in [6.07, 6.45) is 5.60. The number of anilines is 1. The maximum atomic E-state index is 13.5. The number of carboxylic acid groups (broad SMARTS) is 2. The number of likely N-dealkylation sites (tertiary alicyclic amines) is 1. The molecule has 12 nitrogen and oxygen atoms in total. The van der Waals surface area contributed by atoms with E-state index in [1.807, 2.05) is 0 Å². The number of Topliss-reactive ketones (excluding diaryl/α,β-unsaturated/α-hetero) is 1. The molecule has 0 aromatic heterocycles. The minimum Gasteiger partial charge on any atom is -0.496 e. The molecule has 1 aromatic rings. The van der Waals surface area contributed by atoms with Crippen molar-refractivity contribution < 1.29 is 38.9 Å². The molecule has 0 saturated carbocycles. The normalized spacial score (nSPS) is 21.1. The lowest BCUT2D eigenvalue weighted by molar-refractivity contribution is -0.134. The van der Waals surface area contributed by atoms with Crippen LogP contribution in [0.5, 0.6) is 5.75 Å². The van der Waals surface area contributed by atoms with Gasteiger partial charge in [-0.2, -0.15) is 0 Å². The van der Waals surface area contributed by atoms with Gasteiger partial charge < -0.3 is 36.1 Å². The quantitative estimate of drug-likeness (QED) is 0.208. The number of nitrogens with one attached hydrogen (secondary N) is 2. The summed E-state index contributed by atoms with van der Waals surface area (Å²) in [6, 6.07) is 3.11. The number of carbonyl (C=O) groups is 4. The van der Waals surface area contributed by atoms with Crippen molar-refractivity contribution in [3.63, 3.8) is 0 Å². The lowest BCUT2D eigenvalue weighted by Gasteiger charge is -2.42. The maximum absolute atomic E-state index is 13.5. The Bertz CT molecular complexity index is 1090. The van der Waals surface area contributed by atoms with E-state index in [9.17, 15) is 19.2 Å². The van der Waals surface area contributed by atoms with E-state index >= 15 is 0 Å². The highest BCUT2D eigenvalue weighted by Crippen LogP contribution is 2.31. The maximum Gasteiger partial charge on any atom is 0.328 e. The molecule has 0 radical (unpaired) electrons. The average molecular weight is 595 g/mol. The van der Waals surface area contributed by atoms with Crippen molar-refractivity contribution in [1.29, 1.82) is 0 Å². The van der Waals surface area contributed by atoms with Crippen LogP contribution in [0.15, 0.2) is 24.3 Å². The molecule has 3 saturated heterocycles. The molecule has 2 unspecified atom stereocenters. The van der Waals surface area contributed by atoms with Crippen molar-refractivity contribution in [3.05, 3.63) is 34.9 Å². The van der Waals surface area contributed by atoms with Crippen LogP contribution in [0, 0.1) is 11.8 Å². The number of piperidine rings is 2. The zero-order chi connectivity index (χ0) is 29.9. The number of nitrogens with two attached hydrogens (primary N) is 1. The average Bonchev–Trinajstić information content (AvgIpc) is 3.50. The van der Waals surface area contributed by atoms with Gasteiger partial charge in [-0.15, -0.1) is 0 Å². The van der Waals surface area contributed by atoms with E-state index in [1.54, 1.807) is 12.1 Å². The van der Waals surface area contributed by atoms with E-state index in [-0.39, 0.29) is 23.9 Å². The van der Waals surface area contributed by atoms with Gasteiger partial charge in [0.15, 0.2) is 5.78 Å². The number of nitrogens with zero attached hydrogens (tertiary/aromatic N) is 1. The molecule has 0 aliphatic carbocycles. The highest BCUT2D eigenvalue weighted by Gasteiger charge is 2.40. The minimum absolute atomic E-state index is 0.0186. The number of benzene rings is 1. The van der Waals surface area contributed by atoms with E-state index in [2.05, 4.69) is 15.5 Å². The van der Waals surface area contributed by atoms with Crippen LogP contribution in [0.1, 0.15) is 42.5 Å². The fraction of sp³-hybridized carbons (Fsp3) is 0.571. The molecule has 3 fully saturated rings. The summed E-state index contributed by atoms with van der Waals surface area (Å²) in [6.45, 7) is 4.75. The van der Waals surface area contributed by atoms with Crippen LogP contribution in [0.25, 0.3) is 0 Å². The number of amides is 1. The summed E-state index contributed by atoms with van der Waals surface area (Å²) in [5, 5.41) is 22.5. The smallest absolute Gasteiger partial charge is 0.328 e. The van der Waals surface area contributed by atoms with Crippen LogP contribution in [0.2, 0.25) is 5.02 Å². The summed E-state index contributed by atoms with van der Waals surface area (Å²) in [5.74, 6) is -1.58. The molecule has 41 heavy (non-hydrogen) atoms. The number of ether oxygens (including phenoxy) is 2. The van der Waals surface area contributed by atoms with E-state index in [0.717, 1.165) is 58.3 Å². The Morgan fingerprint density at radius 2 is 1.73 bits per heavy atom. The van der Waals surface area contributed by atoms with Gasteiger partial charge in [0.25, 0.3) is 5.91 Å². The molecular weight excluding hydrogens is 556 g/mol. The Balaban J connectivity index is 0.000000507. The number of aliphatic carboxylic acids is 2.